The summed E-state index contributed by atoms with van der Waals surface area (Å²) < 4.78 is 5.84. The minimum absolute atomic E-state index is 0.514. The SMILES string of the molecule is C=CCN(Cc1cc(CNC2CC2)oc1C)C(C)C. The second-order valence-corrected chi connectivity index (χ2v) is 5.76. The first-order chi connectivity index (χ1) is 9.10. The highest BCUT2D eigenvalue weighted by molar-refractivity contribution is 5.21. The quantitative estimate of drug-likeness (QED) is 0.729. The molecule has 106 valence electrons. The number of hydrogen-bond donors (Lipinski definition) is 1. The standard InChI is InChI=1S/C16H26N2O/c1-5-8-18(12(2)3)11-14-9-16(19-13(14)4)10-17-15-6-7-15/h5,9,12,15,17H,1,6-8,10-11H2,2-4H3. The Labute approximate surface area is 116 Å². The van der Waals surface area contributed by atoms with Crippen LogP contribution in [0.1, 0.15) is 43.8 Å². The van der Waals surface area contributed by atoms with Crippen molar-refractivity contribution >= 4 is 0 Å². The number of nitrogens with zero attached hydrogens (tertiary/aromatic N) is 1. The third-order valence-corrected chi connectivity index (χ3v) is 3.68. The highest BCUT2D eigenvalue weighted by Crippen LogP contribution is 2.21. The predicted octanol–water partition coefficient (Wildman–Crippen LogP) is 3.24. The molecule has 1 aromatic heterocycles. The molecule has 1 aliphatic rings. The third kappa shape index (κ3) is 4.22. The molecule has 0 bridgehead atoms. The lowest BCUT2D eigenvalue weighted by molar-refractivity contribution is 0.236. The van der Waals surface area contributed by atoms with Crippen LogP contribution in [0, 0.1) is 6.92 Å². The molecule has 0 saturated heterocycles. The first kappa shape index (κ1) is 14.4. The summed E-state index contributed by atoms with van der Waals surface area (Å²) in [5, 5.41) is 3.49. The molecule has 2 rings (SSSR count). The van der Waals surface area contributed by atoms with Crippen molar-refractivity contribution < 1.29 is 4.42 Å². The average Bonchev–Trinajstić information content (AvgIpc) is 3.12. The summed E-state index contributed by atoms with van der Waals surface area (Å²) in [6, 6.07) is 3.44. The van der Waals surface area contributed by atoms with Gasteiger partial charge in [0.25, 0.3) is 0 Å². The molecule has 3 nitrogen and oxygen atoms in total. The molecule has 1 aliphatic carbocycles. The lowest BCUT2D eigenvalue weighted by atomic mass is 10.2. The van der Waals surface area contributed by atoms with Crippen molar-refractivity contribution in [3.63, 3.8) is 0 Å². The molecular weight excluding hydrogens is 236 g/mol. The first-order valence-corrected chi connectivity index (χ1v) is 7.26. The summed E-state index contributed by atoms with van der Waals surface area (Å²) in [4.78, 5) is 2.39. The van der Waals surface area contributed by atoms with Gasteiger partial charge in [0.15, 0.2) is 0 Å². The molecule has 0 spiro atoms. The van der Waals surface area contributed by atoms with Gasteiger partial charge in [0, 0.05) is 30.7 Å². The fourth-order valence-electron chi connectivity index (χ4n) is 2.21. The Kier molecular flexibility index (Phi) is 4.83. The zero-order valence-corrected chi connectivity index (χ0v) is 12.4. The van der Waals surface area contributed by atoms with Gasteiger partial charge in [0.05, 0.1) is 6.54 Å². The zero-order chi connectivity index (χ0) is 13.8. The van der Waals surface area contributed by atoms with Crippen molar-refractivity contribution in [2.45, 2.75) is 58.8 Å². The molecular formula is C16H26N2O. The molecule has 19 heavy (non-hydrogen) atoms. The summed E-state index contributed by atoms with van der Waals surface area (Å²) in [5.74, 6) is 2.10. The number of rotatable bonds is 8. The van der Waals surface area contributed by atoms with E-state index < -0.39 is 0 Å². The number of aryl methyl sites for hydroxylation is 1. The Morgan fingerprint density at radius 2 is 2.26 bits per heavy atom. The van der Waals surface area contributed by atoms with Gasteiger partial charge in [-0.2, -0.15) is 0 Å². The Bertz CT molecular complexity index is 418. The van der Waals surface area contributed by atoms with Gasteiger partial charge in [-0.15, -0.1) is 6.58 Å². The van der Waals surface area contributed by atoms with E-state index in [1.807, 2.05) is 6.08 Å². The summed E-state index contributed by atoms with van der Waals surface area (Å²) in [6.45, 7) is 13.0. The third-order valence-electron chi connectivity index (χ3n) is 3.68. The van der Waals surface area contributed by atoms with Crippen LogP contribution >= 0.6 is 0 Å². The molecule has 1 aromatic rings. The van der Waals surface area contributed by atoms with Gasteiger partial charge in [-0.25, -0.2) is 0 Å². The molecule has 0 unspecified atom stereocenters. The maximum Gasteiger partial charge on any atom is 0.118 e. The van der Waals surface area contributed by atoms with Crippen molar-refractivity contribution in [3.05, 3.63) is 35.8 Å². The molecule has 0 radical (unpaired) electrons. The minimum Gasteiger partial charge on any atom is -0.465 e. The van der Waals surface area contributed by atoms with Crippen LogP contribution in [0.5, 0.6) is 0 Å². The lowest BCUT2D eigenvalue weighted by Gasteiger charge is -2.24. The topological polar surface area (TPSA) is 28.4 Å². The molecule has 1 N–H and O–H groups in total. The fourth-order valence-corrected chi connectivity index (χ4v) is 2.21. The summed E-state index contributed by atoms with van der Waals surface area (Å²) in [7, 11) is 0. The van der Waals surface area contributed by atoms with Crippen molar-refractivity contribution in [1.82, 2.24) is 10.2 Å². The maximum absolute atomic E-state index is 5.84. The maximum atomic E-state index is 5.84. The second-order valence-electron chi connectivity index (χ2n) is 5.76. The smallest absolute Gasteiger partial charge is 0.118 e. The van der Waals surface area contributed by atoms with Crippen LogP contribution in [-0.4, -0.2) is 23.5 Å². The summed E-state index contributed by atoms with van der Waals surface area (Å²) >= 11 is 0. The van der Waals surface area contributed by atoms with Gasteiger partial charge < -0.3 is 9.73 Å². The first-order valence-electron chi connectivity index (χ1n) is 7.26. The lowest BCUT2D eigenvalue weighted by Crippen LogP contribution is -2.30. The highest BCUT2D eigenvalue weighted by atomic mass is 16.3. The van der Waals surface area contributed by atoms with Gasteiger partial charge in [-0.3, -0.25) is 4.90 Å². The molecule has 1 heterocycles. The average molecular weight is 262 g/mol. The summed E-state index contributed by atoms with van der Waals surface area (Å²) in [6.07, 6.45) is 4.59. The van der Waals surface area contributed by atoms with Gasteiger partial charge in [-0.1, -0.05) is 6.08 Å². The largest absolute Gasteiger partial charge is 0.465 e. The van der Waals surface area contributed by atoms with E-state index in [9.17, 15) is 0 Å². The molecule has 0 aliphatic heterocycles. The van der Waals surface area contributed by atoms with Crippen LogP contribution < -0.4 is 5.32 Å². The van der Waals surface area contributed by atoms with Gasteiger partial charge >= 0.3 is 0 Å². The zero-order valence-electron chi connectivity index (χ0n) is 12.4. The van der Waals surface area contributed by atoms with Crippen LogP contribution in [0.4, 0.5) is 0 Å². The summed E-state index contributed by atoms with van der Waals surface area (Å²) in [5.41, 5.74) is 1.29. The molecule has 1 saturated carbocycles. The normalized spacial score (nSPS) is 15.4. The van der Waals surface area contributed by atoms with Gasteiger partial charge in [-0.05, 0) is 39.7 Å². The van der Waals surface area contributed by atoms with E-state index in [1.165, 1.54) is 18.4 Å². The minimum atomic E-state index is 0.514. The number of hydrogen-bond acceptors (Lipinski definition) is 3. The Morgan fingerprint density at radius 3 is 2.84 bits per heavy atom. The van der Waals surface area contributed by atoms with Crippen LogP contribution in [0.15, 0.2) is 23.1 Å². The molecule has 0 aromatic carbocycles. The second kappa shape index (κ2) is 6.40. The van der Waals surface area contributed by atoms with Crippen molar-refractivity contribution in [3.8, 4) is 0 Å². The van der Waals surface area contributed by atoms with Crippen LogP contribution in [-0.2, 0) is 13.1 Å². The van der Waals surface area contributed by atoms with E-state index in [-0.39, 0.29) is 0 Å². The highest BCUT2D eigenvalue weighted by Gasteiger charge is 2.21. The Hall–Kier alpha value is -1.06. The van der Waals surface area contributed by atoms with Crippen molar-refractivity contribution in [2.75, 3.05) is 6.54 Å². The molecule has 3 heteroatoms. The van der Waals surface area contributed by atoms with E-state index in [1.54, 1.807) is 0 Å². The van der Waals surface area contributed by atoms with E-state index in [0.717, 1.165) is 37.2 Å². The molecule has 0 amide bonds. The molecule has 0 atom stereocenters. The van der Waals surface area contributed by atoms with E-state index in [4.69, 9.17) is 4.42 Å². The van der Waals surface area contributed by atoms with Gasteiger partial charge in [0.1, 0.15) is 11.5 Å². The predicted molar refractivity (Wildman–Crippen MR) is 79.0 cm³/mol. The number of furan rings is 1. The number of nitrogens with one attached hydrogen (secondary N) is 1. The fraction of sp³-hybridized carbons (Fsp3) is 0.625. The van der Waals surface area contributed by atoms with Crippen molar-refractivity contribution in [1.29, 1.82) is 0 Å². The van der Waals surface area contributed by atoms with Crippen LogP contribution in [0.25, 0.3) is 0 Å². The van der Waals surface area contributed by atoms with E-state index >= 15 is 0 Å². The van der Waals surface area contributed by atoms with E-state index in [0.29, 0.717) is 6.04 Å². The van der Waals surface area contributed by atoms with E-state index in [2.05, 4.69) is 43.6 Å². The Balaban J connectivity index is 1.95. The van der Waals surface area contributed by atoms with Crippen LogP contribution in [0.2, 0.25) is 0 Å². The molecule has 1 fully saturated rings. The van der Waals surface area contributed by atoms with Gasteiger partial charge in [0.2, 0.25) is 0 Å². The monoisotopic (exact) mass is 262 g/mol. The Morgan fingerprint density at radius 1 is 1.53 bits per heavy atom. The van der Waals surface area contributed by atoms with Crippen molar-refractivity contribution in [2.24, 2.45) is 0 Å². The van der Waals surface area contributed by atoms with Crippen LogP contribution in [0.3, 0.4) is 0 Å².